The Hall–Kier alpha value is -2.12. The van der Waals surface area contributed by atoms with Gasteiger partial charge in [0.05, 0.1) is 19.8 Å². The van der Waals surface area contributed by atoms with E-state index >= 15 is 0 Å². The molecule has 1 aromatic carbocycles. The van der Waals surface area contributed by atoms with Gasteiger partial charge in [0.15, 0.2) is 5.96 Å². The fraction of sp³-hybridized carbons (Fsp3) is 0.619. The van der Waals surface area contributed by atoms with E-state index in [1.165, 1.54) is 32.1 Å². The molecule has 0 atom stereocenters. The van der Waals surface area contributed by atoms with Gasteiger partial charge in [-0.05, 0) is 25.0 Å². The number of carbonyl (C=O) groups is 1. The highest BCUT2D eigenvalue weighted by Crippen LogP contribution is 2.33. The van der Waals surface area contributed by atoms with Gasteiger partial charge in [0, 0.05) is 37.9 Å². The molecule has 3 N–H and O–H groups in total. The van der Waals surface area contributed by atoms with Gasteiger partial charge in [-0.2, -0.15) is 0 Å². The van der Waals surface area contributed by atoms with E-state index in [0.717, 1.165) is 38.5 Å². The van der Waals surface area contributed by atoms with Crippen LogP contribution in [0.1, 0.15) is 32.1 Å². The Morgan fingerprint density at radius 2 is 1.82 bits per heavy atom. The molecule has 1 amide bonds. The number of hydrogen-bond donors (Lipinski definition) is 3. The lowest BCUT2D eigenvalue weighted by Crippen LogP contribution is -2.60. The first-order chi connectivity index (χ1) is 13.7. The third kappa shape index (κ3) is 5.69. The second kappa shape index (κ2) is 10.4. The number of benzene rings is 1. The van der Waals surface area contributed by atoms with Crippen molar-refractivity contribution < 1.29 is 9.53 Å². The number of hydrogen-bond acceptors (Lipinski definition) is 4. The number of nitrogens with one attached hydrogen (secondary N) is 3. The number of nitrogens with zero attached hydrogens (tertiary/aromatic N) is 2. The van der Waals surface area contributed by atoms with Crippen LogP contribution in [0.4, 0.5) is 5.69 Å². The Balaban J connectivity index is 1.50. The van der Waals surface area contributed by atoms with Crippen LogP contribution in [-0.4, -0.2) is 68.7 Å². The van der Waals surface area contributed by atoms with Gasteiger partial charge in [-0.1, -0.05) is 37.5 Å². The fourth-order valence-corrected chi connectivity index (χ4v) is 4.21. The van der Waals surface area contributed by atoms with Crippen LogP contribution in [0.5, 0.6) is 0 Å². The third-order valence-electron chi connectivity index (χ3n) is 5.75. The van der Waals surface area contributed by atoms with E-state index < -0.39 is 0 Å². The maximum Gasteiger partial charge on any atom is 0.243 e. The monoisotopic (exact) mass is 387 g/mol. The lowest BCUT2D eigenvalue weighted by molar-refractivity contribution is -0.115. The Bertz CT molecular complexity index is 637. The van der Waals surface area contributed by atoms with Crippen LogP contribution in [0, 0.1) is 0 Å². The highest BCUT2D eigenvalue weighted by atomic mass is 16.5. The molecule has 1 aromatic rings. The SMILES string of the molecule is CN=C(NCC(=O)Nc1ccccc1)NCC1(N2CCOCC2)CCCCC1. The zero-order valence-corrected chi connectivity index (χ0v) is 16.9. The maximum absolute atomic E-state index is 12.2. The highest BCUT2D eigenvalue weighted by molar-refractivity contribution is 5.94. The quantitative estimate of drug-likeness (QED) is 0.513. The molecule has 1 aliphatic heterocycles. The van der Waals surface area contributed by atoms with Crippen molar-refractivity contribution in [2.45, 2.75) is 37.6 Å². The summed E-state index contributed by atoms with van der Waals surface area (Å²) in [5.74, 6) is 0.580. The van der Waals surface area contributed by atoms with Gasteiger partial charge >= 0.3 is 0 Å². The zero-order chi connectivity index (χ0) is 19.7. The van der Waals surface area contributed by atoms with Crippen molar-refractivity contribution in [2.75, 3.05) is 51.8 Å². The average molecular weight is 388 g/mol. The minimum atomic E-state index is -0.0882. The van der Waals surface area contributed by atoms with Crippen molar-refractivity contribution in [3.05, 3.63) is 30.3 Å². The molecule has 1 aliphatic carbocycles. The number of rotatable bonds is 6. The van der Waals surface area contributed by atoms with Crippen LogP contribution >= 0.6 is 0 Å². The van der Waals surface area contributed by atoms with E-state index in [1.807, 2.05) is 30.3 Å². The predicted molar refractivity (Wildman–Crippen MR) is 113 cm³/mol. The summed E-state index contributed by atoms with van der Waals surface area (Å²) in [5, 5.41) is 9.49. The van der Waals surface area contributed by atoms with Gasteiger partial charge in [0.1, 0.15) is 0 Å². The van der Waals surface area contributed by atoms with Crippen molar-refractivity contribution >= 4 is 17.6 Å². The summed E-state index contributed by atoms with van der Waals surface area (Å²) >= 11 is 0. The molecule has 1 saturated carbocycles. The molecule has 1 saturated heterocycles. The van der Waals surface area contributed by atoms with Crippen molar-refractivity contribution in [3.8, 4) is 0 Å². The molecule has 0 radical (unpaired) electrons. The Morgan fingerprint density at radius 3 is 2.50 bits per heavy atom. The maximum atomic E-state index is 12.2. The number of para-hydroxylation sites is 1. The summed E-state index contributed by atoms with van der Waals surface area (Å²) in [5.41, 5.74) is 0.956. The molecule has 3 rings (SSSR count). The van der Waals surface area contributed by atoms with E-state index in [9.17, 15) is 4.79 Å². The number of ether oxygens (including phenoxy) is 1. The van der Waals surface area contributed by atoms with Crippen LogP contribution < -0.4 is 16.0 Å². The molecule has 0 aromatic heterocycles. The van der Waals surface area contributed by atoms with Gasteiger partial charge in [-0.15, -0.1) is 0 Å². The molecule has 0 bridgehead atoms. The van der Waals surface area contributed by atoms with E-state index in [4.69, 9.17) is 4.74 Å². The smallest absolute Gasteiger partial charge is 0.243 e. The van der Waals surface area contributed by atoms with Crippen molar-refractivity contribution in [1.82, 2.24) is 15.5 Å². The molecule has 2 aliphatic rings. The number of morpholine rings is 1. The lowest BCUT2D eigenvalue weighted by atomic mass is 9.80. The van der Waals surface area contributed by atoms with E-state index in [2.05, 4.69) is 25.8 Å². The van der Waals surface area contributed by atoms with Gasteiger partial charge in [0.2, 0.25) is 5.91 Å². The summed E-state index contributed by atoms with van der Waals surface area (Å²) in [4.78, 5) is 19.1. The first kappa shape index (κ1) is 20.6. The van der Waals surface area contributed by atoms with Crippen molar-refractivity contribution in [2.24, 2.45) is 4.99 Å². The molecule has 7 nitrogen and oxygen atoms in total. The predicted octanol–water partition coefficient (Wildman–Crippen LogP) is 1.83. The number of amides is 1. The largest absolute Gasteiger partial charge is 0.379 e. The molecule has 0 unspecified atom stereocenters. The molecular weight excluding hydrogens is 354 g/mol. The molecule has 2 fully saturated rings. The second-order valence-electron chi connectivity index (χ2n) is 7.58. The van der Waals surface area contributed by atoms with Crippen molar-refractivity contribution in [3.63, 3.8) is 0 Å². The fourth-order valence-electron chi connectivity index (χ4n) is 4.21. The number of carbonyl (C=O) groups excluding carboxylic acids is 1. The zero-order valence-electron chi connectivity index (χ0n) is 16.9. The van der Waals surface area contributed by atoms with Crippen LogP contribution in [0.25, 0.3) is 0 Å². The number of guanidine groups is 1. The molecular formula is C21H33N5O2. The normalized spacial score (nSPS) is 20.4. The minimum absolute atomic E-state index is 0.0882. The van der Waals surface area contributed by atoms with Crippen LogP contribution in [0.2, 0.25) is 0 Å². The summed E-state index contributed by atoms with van der Waals surface area (Å²) < 4.78 is 5.55. The topological polar surface area (TPSA) is 78.0 Å². The van der Waals surface area contributed by atoms with Gasteiger partial charge in [-0.25, -0.2) is 0 Å². The van der Waals surface area contributed by atoms with E-state index in [1.54, 1.807) is 7.05 Å². The minimum Gasteiger partial charge on any atom is -0.379 e. The summed E-state index contributed by atoms with van der Waals surface area (Å²) in [6, 6.07) is 9.48. The van der Waals surface area contributed by atoms with Crippen LogP contribution in [0.3, 0.4) is 0 Å². The van der Waals surface area contributed by atoms with Crippen LogP contribution in [0.15, 0.2) is 35.3 Å². The third-order valence-corrected chi connectivity index (χ3v) is 5.75. The van der Waals surface area contributed by atoms with E-state index in [0.29, 0.717) is 5.96 Å². The molecule has 1 heterocycles. The first-order valence-electron chi connectivity index (χ1n) is 10.3. The lowest BCUT2D eigenvalue weighted by Gasteiger charge is -2.48. The standard InChI is InChI=1S/C21H33N5O2/c1-22-20(23-16-19(27)25-18-8-4-2-5-9-18)24-17-21(10-6-3-7-11-21)26-12-14-28-15-13-26/h2,4-5,8-9H,3,6-7,10-17H2,1H3,(H,25,27)(H2,22,23,24). The first-order valence-corrected chi connectivity index (χ1v) is 10.3. The molecule has 7 heteroatoms. The summed E-state index contributed by atoms with van der Waals surface area (Å²) in [7, 11) is 1.74. The van der Waals surface area contributed by atoms with Gasteiger partial charge in [0.25, 0.3) is 0 Å². The number of anilines is 1. The van der Waals surface area contributed by atoms with Crippen LogP contribution in [-0.2, 0) is 9.53 Å². The Labute approximate surface area is 167 Å². The Kier molecular flexibility index (Phi) is 7.68. The number of aliphatic imine (C=N–C) groups is 1. The average Bonchev–Trinajstić information content (AvgIpc) is 2.76. The summed E-state index contributed by atoms with van der Waals surface area (Å²) in [6.45, 7) is 4.63. The van der Waals surface area contributed by atoms with Gasteiger partial charge < -0.3 is 20.7 Å². The molecule has 154 valence electrons. The van der Waals surface area contributed by atoms with Gasteiger partial charge in [-0.3, -0.25) is 14.7 Å². The summed E-state index contributed by atoms with van der Waals surface area (Å²) in [6.07, 6.45) is 6.25. The second-order valence-corrected chi connectivity index (χ2v) is 7.58. The Morgan fingerprint density at radius 1 is 1.11 bits per heavy atom. The van der Waals surface area contributed by atoms with E-state index in [-0.39, 0.29) is 18.0 Å². The molecule has 0 spiro atoms. The van der Waals surface area contributed by atoms with Crippen molar-refractivity contribution in [1.29, 1.82) is 0 Å². The highest BCUT2D eigenvalue weighted by Gasteiger charge is 2.38. The molecule has 28 heavy (non-hydrogen) atoms.